The normalized spacial score (nSPS) is 31.0. The van der Waals surface area contributed by atoms with Crippen molar-refractivity contribution in [3.63, 3.8) is 0 Å². The van der Waals surface area contributed by atoms with Crippen LogP contribution < -0.4 is 11.5 Å². The quantitative estimate of drug-likeness (QED) is 0.0338. The standard InChI is InChI=1S/C20H30N10O27P6/c21-13-5-15(25-1-23-13)29(3-27-5)17-9(33)7(31)11(49-17)19(35)51-58(37,38)53-60(41,42)55-62(45,46)57-63(47,48)56-61(43,44)54-59(39,40)52-20(36)12-8(32)10(34)18(50-12)30-4-28-6-14(22)24-2-26-16(6)30/h1-4,7-12,17-20,31-36H,(H,37,38)(H,39,40)(H,41,42)(H,43,44)(H,45,46)(H,47,48)(H2,21,23,25)(H2,22,24,26)/t7-,8-,9+,10+,11-,12-,17+,18+,19?,20?/m0/s1. The van der Waals surface area contributed by atoms with Crippen LogP contribution in [0.5, 0.6) is 0 Å². The molecule has 37 nitrogen and oxygen atoms in total. The summed E-state index contributed by atoms with van der Waals surface area (Å²) < 4.78 is 113. The van der Waals surface area contributed by atoms with Crippen LogP contribution in [0.1, 0.15) is 12.5 Å². The van der Waals surface area contributed by atoms with Crippen LogP contribution in [0.15, 0.2) is 25.3 Å². The molecule has 6 heterocycles. The van der Waals surface area contributed by atoms with E-state index in [1.807, 2.05) is 0 Å². The highest BCUT2D eigenvalue weighted by Gasteiger charge is 2.54. The lowest BCUT2D eigenvalue weighted by molar-refractivity contribution is -0.161. The Morgan fingerprint density at radius 2 is 0.810 bits per heavy atom. The molecular formula is C20H30N10O27P6. The molecule has 4 aromatic rings. The monoisotopic (exact) mass is 1030 g/mol. The molecule has 4 aromatic heterocycles. The smallest absolute Gasteiger partial charge is 0.387 e. The Bertz CT molecular complexity index is 2480. The molecule has 0 aliphatic carbocycles. The molecule has 0 aromatic carbocycles. The maximum absolute atomic E-state index is 12.5. The Balaban J connectivity index is 1.02. The minimum absolute atomic E-state index is 0.0000872. The Morgan fingerprint density at radius 1 is 0.508 bits per heavy atom. The number of hydrogen-bond acceptors (Lipinski definition) is 29. The fourth-order valence-electron chi connectivity index (χ4n) is 5.56. The van der Waals surface area contributed by atoms with Crippen molar-refractivity contribution in [3.8, 4) is 0 Å². The number of phosphoric acid groups is 6. The second-order valence-electron chi connectivity index (χ2n) is 12.3. The van der Waals surface area contributed by atoms with Crippen LogP contribution in [0, 0.1) is 0 Å². The predicted molar refractivity (Wildman–Crippen MR) is 190 cm³/mol. The van der Waals surface area contributed by atoms with Crippen molar-refractivity contribution in [1.29, 1.82) is 0 Å². The minimum Gasteiger partial charge on any atom is -0.387 e. The van der Waals surface area contributed by atoms with Gasteiger partial charge in [-0.3, -0.25) is 18.2 Å². The molecule has 2 aliphatic rings. The number of nitrogen functional groups attached to an aromatic ring is 2. The molecule has 0 spiro atoms. The fraction of sp³-hybridized carbons (Fsp3) is 0.500. The van der Waals surface area contributed by atoms with Crippen LogP contribution in [-0.4, -0.2) is 148 Å². The second kappa shape index (κ2) is 17.8. The molecule has 2 fully saturated rings. The lowest BCUT2D eigenvalue weighted by Gasteiger charge is -2.24. The van der Waals surface area contributed by atoms with Gasteiger partial charge in [-0.1, -0.05) is 0 Å². The van der Waals surface area contributed by atoms with Gasteiger partial charge < -0.3 is 80.9 Å². The molecule has 0 bridgehead atoms. The molecule has 16 atom stereocenters. The summed E-state index contributed by atoms with van der Waals surface area (Å²) in [6.07, 6.45) is -17.7. The number of phosphoric ester groups is 2. The molecule has 0 amide bonds. The number of aliphatic hydroxyl groups is 6. The van der Waals surface area contributed by atoms with Crippen molar-refractivity contribution in [2.45, 2.75) is 61.7 Å². The first-order chi connectivity index (χ1) is 28.9. The molecule has 2 aliphatic heterocycles. The van der Waals surface area contributed by atoms with Gasteiger partial charge in [0.2, 0.25) is 0 Å². The molecular weight excluding hydrogens is 998 g/mol. The van der Waals surface area contributed by atoms with E-state index >= 15 is 0 Å². The second-order valence-corrected chi connectivity index (χ2v) is 21.6. The summed E-state index contributed by atoms with van der Waals surface area (Å²) in [4.78, 5) is 82.0. The molecule has 63 heavy (non-hydrogen) atoms. The fourth-order valence-corrected chi connectivity index (χ4v) is 13.4. The molecule has 8 unspecified atom stereocenters. The number of anilines is 2. The summed E-state index contributed by atoms with van der Waals surface area (Å²) in [7, 11) is -39.2. The van der Waals surface area contributed by atoms with Crippen molar-refractivity contribution >= 4 is 80.9 Å². The van der Waals surface area contributed by atoms with Gasteiger partial charge in [0, 0.05) is 0 Å². The minimum atomic E-state index is -6.72. The number of ether oxygens (including phenoxy) is 2. The zero-order valence-corrected chi connectivity index (χ0v) is 35.4. The van der Waals surface area contributed by atoms with E-state index in [1.54, 1.807) is 0 Å². The Kier molecular flexibility index (Phi) is 14.0. The van der Waals surface area contributed by atoms with Gasteiger partial charge in [-0.25, -0.2) is 57.3 Å². The predicted octanol–water partition coefficient (Wildman–Crippen LogP) is -3.58. The molecule has 0 saturated carbocycles. The van der Waals surface area contributed by atoms with Gasteiger partial charge >= 0.3 is 46.9 Å². The van der Waals surface area contributed by atoms with Gasteiger partial charge in [0.05, 0.1) is 12.7 Å². The van der Waals surface area contributed by atoms with E-state index < -0.39 is 109 Å². The summed E-state index contributed by atoms with van der Waals surface area (Å²) in [5.74, 6) is -0.235. The first-order valence-corrected chi connectivity index (χ1v) is 25.0. The molecule has 2 saturated heterocycles. The van der Waals surface area contributed by atoms with Gasteiger partial charge in [0.1, 0.15) is 60.3 Å². The zero-order valence-electron chi connectivity index (χ0n) is 30.0. The van der Waals surface area contributed by atoms with Gasteiger partial charge in [-0.2, -0.15) is 21.6 Å². The maximum atomic E-state index is 12.5. The third kappa shape index (κ3) is 11.3. The number of aliphatic hydroxyl groups excluding tert-OH is 6. The van der Waals surface area contributed by atoms with Crippen LogP contribution >= 0.6 is 46.9 Å². The molecule has 352 valence electrons. The van der Waals surface area contributed by atoms with Gasteiger partial charge in [0.15, 0.2) is 48.0 Å². The van der Waals surface area contributed by atoms with E-state index in [0.29, 0.717) is 0 Å². The Hall–Kier alpha value is -2.76. The summed E-state index contributed by atoms with van der Waals surface area (Å²) in [5, 5.41) is 62.5. The van der Waals surface area contributed by atoms with E-state index in [0.717, 1.165) is 34.4 Å². The lowest BCUT2D eigenvalue weighted by atomic mass is 10.1. The topological polar surface area (TPSA) is 567 Å². The molecule has 0 radical (unpaired) electrons. The number of fused-ring (bicyclic) bond motifs is 2. The summed E-state index contributed by atoms with van der Waals surface area (Å²) in [6, 6.07) is 0. The van der Waals surface area contributed by atoms with Crippen molar-refractivity contribution in [3.05, 3.63) is 25.3 Å². The number of rotatable bonds is 18. The first kappa shape index (κ1) is 49.7. The van der Waals surface area contributed by atoms with E-state index in [-0.39, 0.29) is 34.0 Å². The average Bonchev–Trinajstić information content (AvgIpc) is 3.87. The van der Waals surface area contributed by atoms with Crippen LogP contribution in [0.4, 0.5) is 11.6 Å². The van der Waals surface area contributed by atoms with E-state index in [2.05, 4.69) is 60.5 Å². The summed E-state index contributed by atoms with van der Waals surface area (Å²) in [6.45, 7) is 0. The Morgan fingerprint density at radius 3 is 1.13 bits per heavy atom. The third-order valence-electron chi connectivity index (χ3n) is 7.95. The van der Waals surface area contributed by atoms with Crippen LogP contribution in [0.25, 0.3) is 22.3 Å². The van der Waals surface area contributed by atoms with Crippen LogP contribution in [0.3, 0.4) is 0 Å². The SMILES string of the molecule is Nc1ncnc2c1ncn2[C@@H]1O[C@H](C(O)OP(=O)(O)OP(=O)(O)OP(=O)(O)OP(=O)(O)OP(=O)(O)OP(=O)(O)OC(O)[C@H]2O[C@@H](n3cnc4c(N)ncnc43)[C@H](O)[C@@H]2O)[C@@H](O)[C@H]1O. The van der Waals surface area contributed by atoms with Crippen molar-refractivity contribution in [2.75, 3.05) is 11.5 Å². The number of nitrogens with zero attached hydrogens (tertiary/aromatic N) is 8. The average molecular weight is 1030 g/mol. The first-order valence-electron chi connectivity index (χ1n) is 16.1. The highest BCUT2D eigenvalue weighted by Crippen LogP contribution is 2.75. The van der Waals surface area contributed by atoms with Gasteiger partial charge in [0.25, 0.3) is 0 Å². The molecule has 43 heteroatoms. The maximum Gasteiger partial charge on any atom is 0.490 e. The van der Waals surface area contributed by atoms with Crippen LogP contribution in [0.2, 0.25) is 0 Å². The van der Waals surface area contributed by atoms with E-state index in [4.69, 9.17) is 20.9 Å². The molecule has 6 rings (SSSR count). The summed E-state index contributed by atoms with van der Waals surface area (Å²) in [5.41, 5.74) is 11.2. The Labute approximate surface area is 345 Å². The van der Waals surface area contributed by atoms with Gasteiger partial charge in [-0.05, 0) is 0 Å². The zero-order chi connectivity index (χ0) is 46.8. The van der Waals surface area contributed by atoms with Crippen LogP contribution in [-0.2, 0) is 67.5 Å². The van der Waals surface area contributed by atoms with E-state index in [9.17, 15) is 87.4 Å². The van der Waals surface area contributed by atoms with Crippen molar-refractivity contribution in [1.82, 2.24) is 39.0 Å². The number of hydrogen-bond donors (Lipinski definition) is 14. The van der Waals surface area contributed by atoms with Crippen molar-refractivity contribution in [2.24, 2.45) is 0 Å². The largest absolute Gasteiger partial charge is 0.490 e. The highest BCUT2D eigenvalue weighted by atomic mass is 31.3. The summed E-state index contributed by atoms with van der Waals surface area (Å²) >= 11 is 0. The number of nitrogens with two attached hydrogens (primary N) is 2. The van der Waals surface area contributed by atoms with Crippen molar-refractivity contribution < 1.29 is 127 Å². The number of aromatic nitrogens is 8. The van der Waals surface area contributed by atoms with E-state index in [1.165, 1.54) is 0 Å². The highest BCUT2D eigenvalue weighted by molar-refractivity contribution is 7.72. The number of imidazole rings is 2. The molecule has 16 N–H and O–H groups in total. The van der Waals surface area contributed by atoms with Gasteiger partial charge in [-0.15, -0.1) is 0 Å². The lowest BCUT2D eigenvalue weighted by Crippen LogP contribution is -2.39. The third-order valence-corrected chi connectivity index (χ3v) is 17.2.